The monoisotopic (exact) mass is 307 g/mol. The SMILES string of the molecule is Cc1ccc(CCNC(=O)Nc2nc(C)n(C(C)C)n2)s1. The lowest BCUT2D eigenvalue weighted by atomic mass is 10.3. The summed E-state index contributed by atoms with van der Waals surface area (Å²) in [5.41, 5.74) is 0. The molecule has 0 saturated heterocycles. The van der Waals surface area contributed by atoms with Crippen LogP contribution in [0.25, 0.3) is 0 Å². The van der Waals surface area contributed by atoms with Crippen LogP contribution >= 0.6 is 11.3 Å². The average molecular weight is 307 g/mol. The molecular formula is C14H21N5OS. The first kappa shape index (κ1) is 15.5. The van der Waals surface area contributed by atoms with Crippen molar-refractivity contribution in [2.75, 3.05) is 11.9 Å². The highest BCUT2D eigenvalue weighted by Gasteiger charge is 2.11. The van der Waals surface area contributed by atoms with Crippen LogP contribution in [0.1, 0.15) is 35.5 Å². The van der Waals surface area contributed by atoms with Crippen LogP contribution in [0.4, 0.5) is 10.7 Å². The zero-order valence-electron chi connectivity index (χ0n) is 12.8. The summed E-state index contributed by atoms with van der Waals surface area (Å²) in [6.07, 6.45) is 0.832. The minimum absolute atomic E-state index is 0.221. The van der Waals surface area contributed by atoms with E-state index in [4.69, 9.17) is 0 Å². The predicted molar refractivity (Wildman–Crippen MR) is 84.9 cm³/mol. The van der Waals surface area contributed by atoms with E-state index >= 15 is 0 Å². The van der Waals surface area contributed by atoms with Crippen molar-refractivity contribution in [3.63, 3.8) is 0 Å². The lowest BCUT2D eigenvalue weighted by molar-refractivity contribution is 0.252. The molecule has 7 heteroatoms. The van der Waals surface area contributed by atoms with Crippen molar-refractivity contribution in [1.82, 2.24) is 20.1 Å². The van der Waals surface area contributed by atoms with E-state index in [0.29, 0.717) is 12.5 Å². The second kappa shape index (κ2) is 6.71. The molecule has 0 aliphatic heterocycles. The van der Waals surface area contributed by atoms with Gasteiger partial charge in [0.05, 0.1) is 0 Å². The lowest BCUT2D eigenvalue weighted by Crippen LogP contribution is -2.30. The third kappa shape index (κ3) is 4.29. The van der Waals surface area contributed by atoms with Gasteiger partial charge < -0.3 is 5.32 Å². The van der Waals surface area contributed by atoms with Crippen LogP contribution in [-0.2, 0) is 6.42 Å². The molecule has 0 aliphatic rings. The Balaban J connectivity index is 1.80. The molecule has 0 spiro atoms. The van der Waals surface area contributed by atoms with Crippen LogP contribution in [0.3, 0.4) is 0 Å². The summed E-state index contributed by atoms with van der Waals surface area (Å²) in [5.74, 6) is 1.13. The zero-order chi connectivity index (χ0) is 15.4. The zero-order valence-corrected chi connectivity index (χ0v) is 13.6. The highest BCUT2D eigenvalue weighted by Crippen LogP contribution is 2.15. The Bertz CT molecular complexity index is 617. The van der Waals surface area contributed by atoms with Gasteiger partial charge in [0.2, 0.25) is 5.95 Å². The number of amides is 2. The molecule has 0 atom stereocenters. The fraction of sp³-hybridized carbons (Fsp3) is 0.500. The number of aromatic nitrogens is 3. The average Bonchev–Trinajstić information content (AvgIpc) is 2.96. The molecule has 0 aliphatic carbocycles. The molecular weight excluding hydrogens is 286 g/mol. The van der Waals surface area contributed by atoms with Gasteiger partial charge in [0.15, 0.2) is 0 Å². The van der Waals surface area contributed by atoms with Crippen molar-refractivity contribution < 1.29 is 4.79 Å². The number of carbonyl (C=O) groups excluding carboxylic acids is 1. The minimum Gasteiger partial charge on any atom is -0.337 e. The maximum Gasteiger partial charge on any atom is 0.321 e. The number of nitrogens with one attached hydrogen (secondary N) is 2. The number of carbonyl (C=O) groups is 1. The molecule has 2 N–H and O–H groups in total. The molecule has 0 fully saturated rings. The van der Waals surface area contributed by atoms with Crippen LogP contribution in [0.2, 0.25) is 0 Å². The summed E-state index contributed by atoms with van der Waals surface area (Å²) in [5, 5.41) is 9.73. The topological polar surface area (TPSA) is 71.8 Å². The number of urea groups is 1. The summed E-state index contributed by atoms with van der Waals surface area (Å²) in [7, 11) is 0. The molecule has 2 amide bonds. The standard InChI is InChI=1S/C14H21N5OS/c1-9(2)19-11(4)16-13(18-19)17-14(20)15-8-7-12-6-5-10(3)21-12/h5-6,9H,7-8H2,1-4H3,(H2,15,17,18,20). The molecule has 0 unspecified atom stereocenters. The first-order valence-electron chi connectivity index (χ1n) is 6.99. The highest BCUT2D eigenvalue weighted by molar-refractivity contribution is 7.11. The van der Waals surface area contributed by atoms with Crippen LogP contribution in [0, 0.1) is 13.8 Å². The van der Waals surface area contributed by atoms with E-state index in [1.54, 1.807) is 16.0 Å². The fourth-order valence-electron chi connectivity index (χ4n) is 2.01. The van der Waals surface area contributed by atoms with E-state index in [-0.39, 0.29) is 12.1 Å². The van der Waals surface area contributed by atoms with Crippen molar-refractivity contribution in [1.29, 1.82) is 0 Å². The summed E-state index contributed by atoms with van der Waals surface area (Å²) >= 11 is 1.75. The maximum absolute atomic E-state index is 11.8. The van der Waals surface area contributed by atoms with E-state index in [9.17, 15) is 4.79 Å². The second-order valence-electron chi connectivity index (χ2n) is 5.16. The molecule has 0 aromatic carbocycles. The smallest absolute Gasteiger partial charge is 0.321 e. The number of rotatable bonds is 5. The van der Waals surface area contributed by atoms with Gasteiger partial charge in [0.1, 0.15) is 5.82 Å². The highest BCUT2D eigenvalue weighted by atomic mass is 32.1. The van der Waals surface area contributed by atoms with E-state index in [1.165, 1.54) is 9.75 Å². The summed E-state index contributed by atoms with van der Waals surface area (Å²) in [6, 6.07) is 4.13. The van der Waals surface area contributed by atoms with Gasteiger partial charge in [0.25, 0.3) is 0 Å². The van der Waals surface area contributed by atoms with Crippen molar-refractivity contribution in [3.05, 3.63) is 27.7 Å². The van der Waals surface area contributed by atoms with Crippen molar-refractivity contribution in [3.8, 4) is 0 Å². The van der Waals surface area contributed by atoms with E-state index in [0.717, 1.165) is 12.2 Å². The number of hydrogen-bond donors (Lipinski definition) is 2. The van der Waals surface area contributed by atoms with E-state index in [2.05, 4.69) is 39.8 Å². The van der Waals surface area contributed by atoms with Crippen LogP contribution < -0.4 is 10.6 Å². The number of thiophene rings is 1. The number of nitrogens with zero attached hydrogens (tertiary/aromatic N) is 3. The molecule has 0 radical (unpaired) electrons. The number of aryl methyl sites for hydroxylation is 2. The van der Waals surface area contributed by atoms with Crippen molar-refractivity contribution in [2.24, 2.45) is 0 Å². The maximum atomic E-state index is 11.8. The molecule has 2 aromatic heterocycles. The molecule has 114 valence electrons. The van der Waals surface area contributed by atoms with Crippen molar-refractivity contribution in [2.45, 2.75) is 40.2 Å². The number of anilines is 1. The Hall–Kier alpha value is -1.89. The molecule has 2 heterocycles. The summed E-state index contributed by atoms with van der Waals surface area (Å²) in [6.45, 7) is 8.58. The van der Waals surface area contributed by atoms with E-state index < -0.39 is 0 Å². The molecule has 0 bridgehead atoms. The Morgan fingerprint density at radius 3 is 2.71 bits per heavy atom. The lowest BCUT2D eigenvalue weighted by Gasteiger charge is -2.05. The van der Waals surface area contributed by atoms with Gasteiger partial charge in [-0.15, -0.1) is 16.4 Å². The Kier molecular flexibility index (Phi) is 4.95. The molecule has 0 saturated carbocycles. The number of hydrogen-bond acceptors (Lipinski definition) is 4. The van der Waals surface area contributed by atoms with Gasteiger partial charge >= 0.3 is 6.03 Å². The van der Waals surface area contributed by atoms with E-state index in [1.807, 2.05) is 20.8 Å². The largest absolute Gasteiger partial charge is 0.337 e. The quantitative estimate of drug-likeness (QED) is 0.892. The van der Waals surface area contributed by atoms with Crippen LogP contribution in [0.5, 0.6) is 0 Å². The van der Waals surface area contributed by atoms with Crippen LogP contribution in [0.15, 0.2) is 12.1 Å². The molecule has 2 rings (SSSR count). The first-order valence-corrected chi connectivity index (χ1v) is 7.80. The van der Waals surface area contributed by atoms with Gasteiger partial charge in [-0.2, -0.15) is 4.98 Å². The minimum atomic E-state index is -0.274. The normalized spacial score (nSPS) is 10.9. The summed E-state index contributed by atoms with van der Waals surface area (Å²) in [4.78, 5) is 18.6. The van der Waals surface area contributed by atoms with Gasteiger partial charge in [-0.25, -0.2) is 9.48 Å². The molecule has 6 nitrogen and oxygen atoms in total. The Morgan fingerprint density at radius 2 is 2.14 bits per heavy atom. The summed E-state index contributed by atoms with van der Waals surface area (Å²) < 4.78 is 1.78. The van der Waals surface area contributed by atoms with Gasteiger partial charge in [-0.1, -0.05) is 0 Å². The van der Waals surface area contributed by atoms with Gasteiger partial charge in [0, 0.05) is 22.3 Å². The first-order chi connectivity index (χ1) is 9.95. The Morgan fingerprint density at radius 1 is 1.38 bits per heavy atom. The molecule has 21 heavy (non-hydrogen) atoms. The fourth-order valence-corrected chi connectivity index (χ4v) is 2.90. The third-order valence-corrected chi connectivity index (χ3v) is 4.03. The Labute approximate surface area is 128 Å². The van der Waals surface area contributed by atoms with Crippen LogP contribution in [-0.4, -0.2) is 27.3 Å². The second-order valence-corrected chi connectivity index (χ2v) is 6.54. The predicted octanol–water partition coefficient (Wildman–Crippen LogP) is 2.90. The van der Waals surface area contributed by atoms with Gasteiger partial charge in [-0.05, 0) is 46.2 Å². The van der Waals surface area contributed by atoms with Gasteiger partial charge in [-0.3, -0.25) is 5.32 Å². The molecule has 2 aromatic rings. The van der Waals surface area contributed by atoms with Crippen molar-refractivity contribution >= 4 is 23.3 Å². The third-order valence-electron chi connectivity index (χ3n) is 2.97.